The van der Waals surface area contributed by atoms with Crippen LogP contribution in [0.15, 0.2) is 15.5 Å². The predicted octanol–water partition coefficient (Wildman–Crippen LogP) is 2.36. The lowest BCUT2D eigenvalue weighted by Gasteiger charge is -2.62. The Morgan fingerprint density at radius 2 is 2.21 bits per heavy atom. The summed E-state index contributed by atoms with van der Waals surface area (Å²) in [5.74, 6) is 1.83. The van der Waals surface area contributed by atoms with Crippen molar-refractivity contribution in [1.29, 1.82) is 0 Å². The third-order valence-corrected chi connectivity index (χ3v) is 8.45. The zero-order chi connectivity index (χ0) is 20.8. The van der Waals surface area contributed by atoms with Crippen LogP contribution in [0.4, 0.5) is 5.69 Å². The Labute approximate surface area is 180 Å². The van der Waals surface area contributed by atoms with Gasteiger partial charge < -0.3 is 16.0 Å². The number of hydrogen-bond donors (Lipinski definition) is 3. The van der Waals surface area contributed by atoms with Crippen LogP contribution >= 0.6 is 15.9 Å². The highest BCUT2D eigenvalue weighted by molar-refractivity contribution is 9.10. The van der Waals surface area contributed by atoms with Crippen molar-refractivity contribution in [1.82, 2.24) is 20.4 Å². The molecular weight excluding hydrogens is 434 g/mol. The Morgan fingerprint density at radius 3 is 2.86 bits per heavy atom. The Kier molecular flexibility index (Phi) is 5.77. The first-order valence-corrected chi connectivity index (χ1v) is 11.6. The topological polar surface area (TPSA) is 88.1 Å². The minimum atomic E-state index is -0.280. The molecule has 0 spiro atoms. The maximum atomic E-state index is 12.7. The van der Waals surface area contributed by atoms with Crippen molar-refractivity contribution in [2.75, 3.05) is 18.4 Å². The van der Waals surface area contributed by atoms with Gasteiger partial charge in [-0.15, -0.1) is 0 Å². The van der Waals surface area contributed by atoms with Crippen molar-refractivity contribution in [3.05, 3.63) is 21.0 Å². The number of rotatable bonds is 6. The minimum Gasteiger partial charge on any atom is -0.380 e. The summed E-state index contributed by atoms with van der Waals surface area (Å²) in [6.45, 7) is 8.60. The normalized spacial score (nSPS) is 32.5. The molecule has 2 heterocycles. The molecule has 1 saturated heterocycles. The fraction of sp³-hybridized carbons (Fsp3) is 0.762. The van der Waals surface area contributed by atoms with Gasteiger partial charge in [0.2, 0.25) is 5.91 Å². The van der Waals surface area contributed by atoms with E-state index < -0.39 is 0 Å². The van der Waals surface area contributed by atoms with E-state index in [1.54, 1.807) is 6.20 Å². The number of nitrogens with one attached hydrogen (secondary N) is 3. The van der Waals surface area contributed by atoms with Gasteiger partial charge in [0, 0.05) is 18.6 Å². The molecular formula is C21H32BrN5O2. The Bertz CT molecular complexity index is 833. The van der Waals surface area contributed by atoms with Crippen LogP contribution in [0.5, 0.6) is 0 Å². The molecule has 8 heteroatoms. The fourth-order valence-corrected chi connectivity index (χ4v) is 6.00. The van der Waals surface area contributed by atoms with E-state index in [-0.39, 0.29) is 18.0 Å². The van der Waals surface area contributed by atoms with Gasteiger partial charge in [-0.05, 0) is 71.3 Å². The van der Waals surface area contributed by atoms with E-state index in [9.17, 15) is 9.59 Å². The van der Waals surface area contributed by atoms with Gasteiger partial charge in [0.15, 0.2) is 0 Å². The molecule has 4 fully saturated rings. The molecule has 1 aliphatic heterocycles. The van der Waals surface area contributed by atoms with Crippen LogP contribution in [-0.2, 0) is 11.3 Å². The average Bonchev–Trinajstić information content (AvgIpc) is 3.20. The molecule has 29 heavy (non-hydrogen) atoms. The average molecular weight is 466 g/mol. The smallest absolute Gasteiger partial charge is 0.283 e. The predicted molar refractivity (Wildman–Crippen MR) is 117 cm³/mol. The lowest BCUT2D eigenvalue weighted by molar-refractivity contribution is -0.122. The lowest BCUT2D eigenvalue weighted by atomic mass is 9.45. The first kappa shape index (κ1) is 20.8. The van der Waals surface area contributed by atoms with Crippen molar-refractivity contribution in [3.8, 4) is 0 Å². The molecule has 3 aliphatic carbocycles. The molecule has 5 rings (SSSR count). The molecule has 1 aromatic heterocycles. The Hall–Kier alpha value is -1.41. The zero-order valence-electron chi connectivity index (χ0n) is 17.5. The van der Waals surface area contributed by atoms with Crippen LogP contribution in [-0.4, -0.2) is 40.9 Å². The van der Waals surface area contributed by atoms with E-state index >= 15 is 0 Å². The van der Waals surface area contributed by atoms with Gasteiger partial charge in [-0.25, -0.2) is 4.68 Å². The second-order valence-electron chi connectivity index (χ2n) is 9.64. The summed E-state index contributed by atoms with van der Waals surface area (Å²) in [5, 5.41) is 14.0. The van der Waals surface area contributed by atoms with Crippen LogP contribution in [0.1, 0.15) is 46.5 Å². The summed E-state index contributed by atoms with van der Waals surface area (Å²) in [5.41, 5.74) is 0.869. The first-order valence-electron chi connectivity index (χ1n) is 10.8. The summed E-state index contributed by atoms with van der Waals surface area (Å²) in [7, 11) is 0. The molecule has 0 unspecified atom stereocenters. The maximum Gasteiger partial charge on any atom is 0.283 e. The number of amides is 1. The van der Waals surface area contributed by atoms with E-state index in [1.807, 2.05) is 0 Å². The molecule has 1 aromatic rings. The van der Waals surface area contributed by atoms with Gasteiger partial charge in [-0.2, -0.15) is 5.10 Å². The summed E-state index contributed by atoms with van der Waals surface area (Å²) in [6.07, 6.45) is 6.32. The van der Waals surface area contributed by atoms with Gasteiger partial charge in [-0.3, -0.25) is 9.59 Å². The van der Waals surface area contributed by atoms with Crippen molar-refractivity contribution >= 4 is 27.5 Å². The van der Waals surface area contributed by atoms with E-state index in [1.165, 1.54) is 11.1 Å². The summed E-state index contributed by atoms with van der Waals surface area (Å²) >= 11 is 3.43. The molecule has 2 bridgehead atoms. The number of aromatic nitrogens is 2. The highest BCUT2D eigenvalue weighted by Gasteiger charge is 2.56. The van der Waals surface area contributed by atoms with Crippen molar-refractivity contribution in [2.24, 2.45) is 23.2 Å². The van der Waals surface area contributed by atoms with Crippen LogP contribution in [0, 0.1) is 23.2 Å². The molecule has 4 aliphatic rings. The minimum absolute atomic E-state index is 0.0669. The molecule has 0 radical (unpaired) electrons. The third-order valence-electron chi connectivity index (χ3n) is 7.68. The molecule has 3 N–H and O–H groups in total. The number of anilines is 1. The second kappa shape index (κ2) is 8.02. The Balaban J connectivity index is 1.37. The van der Waals surface area contributed by atoms with Crippen LogP contribution in [0.3, 0.4) is 0 Å². The third kappa shape index (κ3) is 3.98. The van der Waals surface area contributed by atoms with Crippen molar-refractivity contribution < 1.29 is 4.79 Å². The largest absolute Gasteiger partial charge is 0.380 e. The number of halogens is 1. The molecule has 0 aromatic carbocycles. The molecule has 160 valence electrons. The summed E-state index contributed by atoms with van der Waals surface area (Å²) < 4.78 is 1.67. The number of carbonyl (C=O) groups is 1. The van der Waals surface area contributed by atoms with Crippen LogP contribution < -0.4 is 21.5 Å². The van der Waals surface area contributed by atoms with Gasteiger partial charge in [-0.1, -0.05) is 20.8 Å². The SMILES string of the molecule is C[C@H]1[C@H]2C[C@H](C[C@H]1Nc1cnn(CC(=O)NC[C@H]3CCCN3)c(=O)c1Br)C2(C)C. The highest BCUT2D eigenvalue weighted by atomic mass is 79.9. The van der Waals surface area contributed by atoms with Crippen molar-refractivity contribution in [3.63, 3.8) is 0 Å². The standard InChI is InChI=1S/C21H32BrN5O2/c1-12-15-7-13(21(15,2)3)8-16(12)26-17-10-25-27(20(29)19(17)22)11-18(28)24-9-14-5-4-6-23-14/h10,12-16,23,26H,4-9,11H2,1-3H3,(H,24,28)/t12-,13+,14+,15+,16+/m0/s1. The van der Waals surface area contributed by atoms with Gasteiger partial charge in [0.1, 0.15) is 11.0 Å². The van der Waals surface area contributed by atoms with Gasteiger partial charge >= 0.3 is 0 Å². The van der Waals surface area contributed by atoms with Crippen LogP contribution in [0.25, 0.3) is 0 Å². The maximum absolute atomic E-state index is 12.7. The van der Waals surface area contributed by atoms with E-state index in [0.717, 1.165) is 43.3 Å². The first-order chi connectivity index (χ1) is 13.8. The van der Waals surface area contributed by atoms with Crippen LogP contribution in [0.2, 0.25) is 0 Å². The quantitative estimate of drug-likeness (QED) is 0.599. The fourth-order valence-electron chi connectivity index (χ4n) is 5.58. The van der Waals surface area contributed by atoms with Gasteiger partial charge in [0.05, 0.1) is 11.9 Å². The number of fused-ring (bicyclic) bond motifs is 2. The zero-order valence-corrected chi connectivity index (χ0v) is 19.1. The lowest BCUT2D eigenvalue weighted by Crippen LogP contribution is -2.58. The van der Waals surface area contributed by atoms with E-state index in [0.29, 0.717) is 34.4 Å². The number of carbonyl (C=O) groups excluding carboxylic acids is 1. The number of nitrogens with zero attached hydrogens (tertiary/aromatic N) is 2. The molecule has 1 amide bonds. The molecule has 7 nitrogen and oxygen atoms in total. The van der Waals surface area contributed by atoms with E-state index in [2.05, 4.69) is 57.8 Å². The van der Waals surface area contributed by atoms with Gasteiger partial charge in [0.25, 0.3) is 5.56 Å². The summed E-state index contributed by atoms with van der Waals surface area (Å²) in [4.78, 5) is 24.9. The summed E-state index contributed by atoms with van der Waals surface area (Å²) in [6, 6.07) is 0.679. The monoisotopic (exact) mass is 465 g/mol. The molecule has 3 saturated carbocycles. The van der Waals surface area contributed by atoms with E-state index in [4.69, 9.17) is 0 Å². The Morgan fingerprint density at radius 1 is 1.41 bits per heavy atom. The number of hydrogen-bond acceptors (Lipinski definition) is 5. The molecule has 5 atom stereocenters. The highest BCUT2D eigenvalue weighted by Crippen LogP contribution is 2.61. The van der Waals surface area contributed by atoms with Crippen molar-refractivity contribution in [2.45, 2.75) is 65.1 Å². The second-order valence-corrected chi connectivity index (χ2v) is 10.4.